The van der Waals surface area contributed by atoms with Crippen molar-refractivity contribution in [2.24, 2.45) is 0 Å². The van der Waals surface area contributed by atoms with Crippen molar-refractivity contribution < 1.29 is 29.0 Å². The second-order valence-electron chi connectivity index (χ2n) is 6.30. The Morgan fingerprint density at radius 2 is 1.77 bits per heavy atom. The SMILES string of the molecule is CCNC(=O)Oc1cc(C[C@H](NC(=O)O)C(=O)NC)ccc1OCc1ccccc1. The highest BCUT2D eigenvalue weighted by Gasteiger charge is 2.21. The molecule has 0 spiro atoms. The van der Waals surface area contributed by atoms with Gasteiger partial charge in [-0.05, 0) is 30.2 Å². The number of carbonyl (C=O) groups is 3. The second kappa shape index (κ2) is 11.3. The van der Waals surface area contributed by atoms with E-state index in [-0.39, 0.29) is 18.8 Å². The van der Waals surface area contributed by atoms with E-state index in [4.69, 9.17) is 14.6 Å². The van der Waals surface area contributed by atoms with Crippen LogP contribution >= 0.6 is 0 Å². The number of amides is 3. The van der Waals surface area contributed by atoms with Gasteiger partial charge in [0.05, 0.1) is 0 Å². The van der Waals surface area contributed by atoms with Gasteiger partial charge >= 0.3 is 12.2 Å². The highest BCUT2D eigenvalue weighted by Crippen LogP contribution is 2.30. The number of likely N-dealkylation sites (N-methyl/N-ethyl adjacent to an activating group) is 1. The molecule has 0 radical (unpaired) electrons. The van der Waals surface area contributed by atoms with Crippen LogP contribution in [0, 0.1) is 0 Å². The standard InChI is InChI=1S/C21H25N3O6/c1-3-23-21(28)30-18-12-15(11-16(19(25)22-2)24-20(26)27)9-10-17(18)29-13-14-7-5-4-6-8-14/h4-10,12,16,24H,3,11,13H2,1-2H3,(H,22,25)(H,23,28)(H,26,27)/t16-/m0/s1. The van der Waals surface area contributed by atoms with E-state index >= 15 is 0 Å². The lowest BCUT2D eigenvalue weighted by molar-refractivity contribution is -0.122. The maximum atomic E-state index is 12.0. The molecular weight excluding hydrogens is 390 g/mol. The maximum absolute atomic E-state index is 12.0. The largest absolute Gasteiger partial charge is 0.485 e. The molecule has 160 valence electrons. The van der Waals surface area contributed by atoms with Gasteiger partial charge in [0.2, 0.25) is 5.91 Å². The third kappa shape index (κ3) is 7.01. The molecule has 0 unspecified atom stereocenters. The Labute approximate surface area is 174 Å². The maximum Gasteiger partial charge on any atom is 0.412 e. The summed E-state index contributed by atoms with van der Waals surface area (Å²) in [6.45, 7) is 2.42. The number of ether oxygens (including phenoxy) is 2. The third-order valence-corrected chi connectivity index (χ3v) is 4.07. The van der Waals surface area contributed by atoms with Crippen LogP contribution in [0.25, 0.3) is 0 Å². The molecule has 0 saturated heterocycles. The van der Waals surface area contributed by atoms with Crippen molar-refractivity contribution in [2.75, 3.05) is 13.6 Å². The Balaban J connectivity index is 2.23. The highest BCUT2D eigenvalue weighted by atomic mass is 16.6. The quantitative estimate of drug-likeness (QED) is 0.498. The molecule has 3 amide bonds. The van der Waals surface area contributed by atoms with Gasteiger partial charge in [0.1, 0.15) is 12.6 Å². The van der Waals surface area contributed by atoms with Crippen LogP contribution in [0.5, 0.6) is 11.5 Å². The van der Waals surface area contributed by atoms with E-state index in [9.17, 15) is 14.4 Å². The summed E-state index contributed by atoms with van der Waals surface area (Å²) in [5, 5.41) is 16.1. The molecule has 0 aliphatic heterocycles. The third-order valence-electron chi connectivity index (χ3n) is 4.07. The summed E-state index contributed by atoms with van der Waals surface area (Å²) in [6, 6.07) is 13.4. The minimum Gasteiger partial charge on any atom is -0.485 e. The van der Waals surface area contributed by atoms with Gasteiger partial charge in [-0.1, -0.05) is 36.4 Å². The summed E-state index contributed by atoms with van der Waals surface area (Å²) in [6.07, 6.45) is -1.90. The van der Waals surface area contributed by atoms with E-state index in [1.165, 1.54) is 7.05 Å². The van der Waals surface area contributed by atoms with Crippen LogP contribution in [-0.4, -0.2) is 42.8 Å². The van der Waals surface area contributed by atoms with Crippen LogP contribution in [0.1, 0.15) is 18.1 Å². The smallest absolute Gasteiger partial charge is 0.412 e. The lowest BCUT2D eigenvalue weighted by atomic mass is 10.0. The number of benzene rings is 2. The number of carbonyl (C=O) groups excluding carboxylic acids is 2. The van der Waals surface area contributed by atoms with Gasteiger partial charge in [-0.3, -0.25) is 4.79 Å². The van der Waals surface area contributed by atoms with E-state index in [1.807, 2.05) is 30.3 Å². The highest BCUT2D eigenvalue weighted by molar-refractivity contribution is 5.85. The number of hydrogen-bond donors (Lipinski definition) is 4. The molecular formula is C21H25N3O6. The summed E-state index contributed by atoms with van der Waals surface area (Å²) >= 11 is 0. The zero-order chi connectivity index (χ0) is 21.9. The lowest BCUT2D eigenvalue weighted by Crippen LogP contribution is -2.46. The molecule has 0 aliphatic rings. The number of nitrogens with one attached hydrogen (secondary N) is 3. The summed E-state index contributed by atoms with van der Waals surface area (Å²) in [7, 11) is 1.42. The van der Waals surface area contributed by atoms with Crippen molar-refractivity contribution in [3.63, 3.8) is 0 Å². The van der Waals surface area contributed by atoms with Crippen molar-refractivity contribution in [3.8, 4) is 11.5 Å². The monoisotopic (exact) mass is 415 g/mol. The first-order valence-electron chi connectivity index (χ1n) is 9.39. The molecule has 1 atom stereocenters. The molecule has 2 rings (SSSR count). The van der Waals surface area contributed by atoms with Gasteiger partial charge in [-0.25, -0.2) is 9.59 Å². The molecule has 0 heterocycles. The normalized spacial score (nSPS) is 11.1. The van der Waals surface area contributed by atoms with Gasteiger partial charge in [0.25, 0.3) is 0 Å². The van der Waals surface area contributed by atoms with E-state index in [2.05, 4.69) is 16.0 Å². The number of hydrogen-bond acceptors (Lipinski definition) is 5. The first kappa shape index (κ1) is 22.5. The Morgan fingerprint density at radius 3 is 2.40 bits per heavy atom. The van der Waals surface area contributed by atoms with Gasteiger partial charge in [-0.15, -0.1) is 0 Å². The van der Waals surface area contributed by atoms with Crippen LogP contribution in [0.3, 0.4) is 0 Å². The minimum atomic E-state index is -1.31. The van der Waals surface area contributed by atoms with E-state index in [0.29, 0.717) is 17.9 Å². The minimum absolute atomic E-state index is 0.0662. The molecule has 0 bridgehead atoms. The van der Waals surface area contributed by atoms with Crippen LogP contribution in [-0.2, 0) is 17.8 Å². The number of rotatable bonds is 9. The fraction of sp³-hybridized carbons (Fsp3) is 0.286. The Kier molecular flexibility index (Phi) is 8.49. The topological polar surface area (TPSA) is 126 Å². The Bertz CT molecular complexity index is 872. The molecule has 0 aromatic heterocycles. The molecule has 9 nitrogen and oxygen atoms in total. The van der Waals surface area contributed by atoms with Gasteiger partial charge < -0.3 is 30.5 Å². The van der Waals surface area contributed by atoms with Crippen molar-refractivity contribution in [1.29, 1.82) is 0 Å². The molecule has 30 heavy (non-hydrogen) atoms. The zero-order valence-corrected chi connectivity index (χ0v) is 16.8. The van der Waals surface area contributed by atoms with E-state index in [1.54, 1.807) is 25.1 Å². The van der Waals surface area contributed by atoms with Gasteiger partial charge in [0.15, 0.2) is 11.5 Å². The van der Waals surface area contributed by atoms with Crippen LogP contribution in [0.4, 0.5) is 9.59 Å². The summed E-state index contributed by atoms with van der Waals surface area (Å²) < 4.78 is 11.2. The average Bonchev–Trinajstić information content (AvgIpc) is 2.72. The Hall–Kier alpha value is -3.75. The predicted octanol–water partition coefficient (Wildman–Crippen LogP) is 2.30. The van der Waals surface area contributed by atoms with Crippen molar-refractivity contribution in [1.82, 2.24) is 16.0 Å². The molecule has 4 N–H and O–H groups in total. The first-order chi connectivity index (χ1) is 14.4. The van der Waals surface area contributed by atoms with Crippen molar-refractivity contribution in [2.45, 2.75) is 26.0 Å². The fourth-order valence-corrected chi connectivity index (χ4v) is 2.66. The summed E-state index contributed by atoms with van der Waals surface area (Å²) in [5.74, 6) is 0.0323. The molecule has 0 aliphatic carbocycles. The zero-order valence-electron chi connectivity index (χ0n) is 16.8. The van der Waals surface area contributed by atoms with Crippen LogP contribution in [0.15, 0.2) is 48.5 Å². The fourth-order valence-electron chi connectivity index (χ4n) is 2.66. The van der Waals surface area contributed by atoms with Crippen molar-refractivity contribution >= 4 is 18.1 Å². The summed E-state index contributed by atoms with van der Waals surface area (Å²) in [4.78, 5) is 34.9. The van der Waals surface area contributed by atoms with E-state index < -0.39 is 24.1 Å². The molecule has 2 aromatic carbocycles. The molecule has 9 heteroatoms. The Morgan fingerprint density at radius 1 is 1.03 bits per heavy atom. The number of carboxylic acid groups (broad SMARTS) is 1. The van der Waals surface area contributed by atoms with Gasteiger partial charge in [-0.2, -0.15) is 0 Å². The molecule has 0 fully saturated rings. The molecule has 2 aromatic rings. The van der Waals surface area contributed by atoms with Crippen LogP contribution in [0.2, 0.25) is 0 Å². The van der Waals surface area contributed by atoms with Gasteiger partial charge in [0, 0.05) is 20.0 Å². The second-order valence-corrected chi connectivity index (χ2v) is 6.30. The average molecular weight is 415 g/mol. The van der Waals surface area contributed by atoms with Crippen LogP contribution < -0.4 is 25.4 Å². The molecule has 0 saturated carbocycles. The predicted molar refractivity (Wildman–Crippen MR) is 110 cm³/mol. The van der Waals surface area contributed by atoms with Crippen molar-refractivity contribution in [3.05, 3.63) is 59.7 Å². The summed E-state index contributed by atoms with van der Waals surface area (Å²) in [5.41, 5.74) is 1.53. The first-order valence-corrected chi connectivity index (χ1v) is 9.39. The van der Waals surface area contributed by atoms with E-state index in [0.717, 1.165) is 5.56 Å². The lowest BCUT2D eigenvalue weighted by Gasteiger charge is -2.17.